The van der Waals surface area contributed by atoms with E-state index in [1.54, 1.807) is 7.05 Å². The van der Waals surface area contributed by atoms with Crippen molar-refractivity contribution in [2.24, 2.45) is 7.05 Å². The predicted molar refractivity (Wildman–Crippen MR) is 71.3 cm³/mol. The Morgan fingerprint density at radius 1 is 1.20 bits per heavy atom. The molecule has 0 aliphatic heterocycles. The van der Waals surface area contributed by atoms with Crippen molar-refractivity contribution in [3.8, 4) is 0 Å². The molecule has 0 bridgehead atoms. The largest absolute Gasteiger partial charge is 0.394 e. The lowest BCUT2D eigenvalue weighted by Crippen LogP contribution is -2.04. The third kappa shape index (κ3) is 2.31. The van der Waals surface area contributed by atoms with Crippen LogP contribution < -0.4 is 11.1 Å². The SMILES string of the molecule is CC(C)c1nn(C)c(Nc2ccc(F)c(F)c2F)c1N. The van der Waals surface area contributed by atoms with Crippen molar-refractivity contribution in [3.63, 3.8) is 0 Å². The number of nitrogen functional groups attached to an aromatic ring is 1. The maximum atomic E-state index is 13.6. The fourth-order valence-corrected chi connectivity index (χ4v) is 1.89. The fourth-order valence-electron chi connectivity index (χ4n) is 1.89. The number of benzene rings is 1. The molecule has 0 atom stereocenters. The number of aromatic nitrogens is 2. The van der Waals surface area contributed by atoms with Crippen molar-refractivity contribution in [1.82, 2.24) is 9.78 Å². The smallest absolute Gasteiger partial charge is 0.196 e. The van der Waals surface area contributed by atoms with Crippen LogP contribution >= 0.6 is 0 Å². The van der Waals surface area contributed by atoms with Crippen LogP contribution in [0.3, 0.4) is 0 Å². The molecule has 0 saturated heterocycles. The van der Waals surface area contributed by atoms with Crippen LogP contribution in [0.4, 0.5) is 30.4 Å². The van der Waals surface area contributed by atoms with Crippen molar-refractivity contribution in [2.45, 2.75) is 19.8 Å². The number of nitrogens with zero attached hydrogens (tertiary/aromatic N) is 2. The normalized spacial score (nSPS) is 11.2. The molecular formula is C13H15F3N4. The summed E-state index contributed by atoms with van der Waals surface area (Å²) in [5.74, 6) is -3.64. The number of anilines is 3. The lowest BCUT2D eigenvalue weighted by Gasteiger charge is -2.09. The molecule has 0 fully saturated rings. The summed E-state index contributed by atoms with van der Waals surface area (Å²) in [7, 11) is 1.63. The molecule has 0 amide bonds. The molecule has 7 heteroatoms. The van der Waals surface area contributed by atoms with Gasteiger partial charge in [0.25, 0.3) is 0 Å². The number of nitrogens with one attached hydrogen (secondary N) is 1. The quantitative estimate of drug-likeness (QED) is 0.850. The molecule has 20 heavy (non-hydrogen) atoms. The zero-order chi connectivity index (χ0) is 15.0. The Kier molecular flexibility index (Phi) is 3.61. The Labute approximate surface area is 114 Å². The summed E-state index contributed by atoms with van der Waals surface area (Å²) in [6.45, 7) is 3.83. The molecule has 0 aliphatic carbocycles. The van der Waals surface area contributed by atoms with Gasteiger partial charge in [-0.15, -0.1) is 0 Å². The van der Waals surface area contributed by atoms with Crippen molar-refractivity contribution >= 4 is 17.2 Å². The summed E-state index contributed by atoms with van der Waals surface area (Å²) < 4.78 is 41.1. The van der Waals surface area contributed by atoms with Gasteiger partial charge in [-0.3, -0.25) is 4.68 Å². The van der Waals surface area contributed by atoms with E-state index in [9.17, 15) is 13.2 Å². The Morgan fingerprint density at radius 3 is 2.40 bits per heavy atom. The van der Waals surface area contributed by atoms with Gasteiger partial charge < -0.3 is 11.1 Å². The van der Waals surface area contributed by atoms with Crippen LogP contribution in [-0.2, 0) is 7.05 Å². The molecule has 0 radical (unpaired) electrons. The minimum absolute atomic E-state index is 0.0894. The molecule has 1 aromatic carbocycles. The highest BCUT2D eigenvalue weighted by molar-refractivity contribution is 5.72. The third-order valence-electron chi connectivity index (χ3n) is 2.95. The molecule has 4 nitrogen and oxygen atoms in total. The van der Waals surface area contributed by atoms with Crippen LogP contribution in [0.25, 0.3) is 0 Å². The van der Waals surface area contributed by atoms with Gasteiger partial charge in [-0.2, -0.15) is 5.10 Å². The first-order valence-electron chi connectivity index (χ1n) is 6.05. The zero-order valence-corrected chi connectivity index (χ0v) is 11.3. The number of rotatable bonds is 3. The van der Waals surface area contributed by atoms with Crippen LogP contribution in [0.5, 0.6) is 0 Å². The minimum Gasteiger partial charge on any atom is -0.394 e. The Bertz CT molecular complexity index is 650. The van der Waals surface area contributed by atoms with Crippen LogP contribution in [0.2, 0.25) is 0 Å². The van der Waals surface area contributed by atoms with Crippen LogP contribution in [0.1, 0.15) is 25.5 Å². The molecule has 0 aliphatic rings. The summed E-state index contributed by atoms with van der Waals surface area (Å²) in [6.07, 6.45) is 0. The van der Waals surface area contributed by atoms with E-state index in [4.69, 9.17) is 5.73 Å². The fraction of sp³-hybridized carbons (Fsp3) is 0.308. The molecular weight excluding hydrogens is 269 g/mol. The molecule has 2 rings (SSSR count). The van der Waals surface area contributed by atoms with Gasteiger partial charge in [0.1, 0.15) is 0 Å². The van der Waals surface area contributed by atoms with Crippen molar-refractivity contribution in [1.29, 1.82) is 0 Å². The van der Waals surface area contributed by atoms with E-state index in [2.05, 4.69) is 10.4 Å². The van der Waals surface area contributed by atoms with Gasteiger partial charge in [0, 0.05) is 7.05 Å². The predicted octanol–water partition coefficient (Wildman–Crippen LogP) is 3.29. The van der Waals surface area contributed by atoms with Crippen LogP contribution in [-0.4, -0.2) is 9.78 Å². The summed E-state index contributed by atoms with van der Waals surface area (Å²) in [5.41, 5.74) is 6.74. The molecule has 1 heterocycles. The van der Waals surface area contributed by atoms with Crippen LogP contribution in [0, 0.1) is 17.5 Å². The summed E-state index contributed by atoms with van der Waals surface area (Å²) in [6, 6.07) is 1.95. The monoisotopic (exact) mass is 284 g/mol. The molecule has 3 N–H and O–H groups in total. The Hall–Kier alpha value is -2.18. The lowest BCUT2D eigenvalue weighted by atomic mass is 10.1. The zero-order valence-electron chi connectivity index (χ0n) is 11.3. The molecule has 0 spiro atoms. The van der Waals surface area contributed by atoms with E-state index in [0.29, 0.717) is 17.2 Å². The van der Waals surface area contributed by atoms with E-state index in [1.807, 2.05) is 13.8 Å². The first-order valence-corrected chi connectivity index (χ1v) is 6.05. The lowest BCUT2D eigenvalue weighted by molar-refractivity contribution is 0.449. The van der Waals surface area contributed by atoms with Gasteiger partial charge in [0.15, 0.2) is 23.3 Å². The summed E-state index contributed by atoms with van der Waals surface area (Å²) >= 11 is 0. The average Bonchev–Trinajstić information content (AvgIpc) is 2.67. The summed E-state index contributed by atoms with van der Waals surface area (Å²) in [4.78, 5) is 0. The maximum absolute atomic E-state index is 13.6. The van der Waals surface area contributed by atoms with Crippen molar-refractivity contribution in [3.05, 3.63) is 35.3 Å². The molecule has 0 saturated carbocycles. The Morgan fingerprint density at radius 2 is 1.85 bits per heavy atom. The van der Waals surface area contributed by atoms with Gasteiger partial charge in [-0.25, -0.2) is 13.2 Å². The number of halogens is 3. The number of aryl methyl sites for hydroxylation is 1. The first-order chi connectivity index (χ1) is 9.32. The van der Waals surface area contributed by atoms with Crippen molar-refractivity contribution in [2.75, 3.05) is 11.1 Å². The number of nitrogens with two attached hydrogens (primary N) is 1. The first kappa shape index (κ1) is 14.2. The number of hydrogen-bond acceptors (Lipinski definition) is 3. The highest BCUT2D eigenvalue weighted by Crippen LogP contribution is 2.31. The van der Waals surface area contributed by atoms with Crippen molar-refractivity contribution < 1.29 is 13.2 Å². The highest BCUT2D eigenvalue weighted by Gasteiger charge is 2.19. The summed E-state index contributed by atoms with van der Waals surface area (Å²) in [5, 5.41) is 6.86. The number of hydrogen-bond donors (Lipinski definition) is 2. The van der Waals surface area contributed by atoms with E-state index >= 15 is 0 Å². The second-order valence-corrected chi connectivity index (χ2v) is 4.77. The van der Waals surface area contributed by atoms with E-state index in [0.717, 1.165) is 12.1 Å². The highest BCUT2D eigenvalue weighted by atomic mass is 19.2. The van der Waals surface area contributed by atoms with Gasteiger partial charge in [0.05, 0.1) is 17.1 Å². The van der Waals surface area contributed by atoms with Gasteiger partial charge >= 0.3 is 0 Å². The molecule has 108 valence electrons. The van der Waals surface area contributed by atoms with E-state index in [1.165, 1.54) is 4.68 Å². The van der Waals surface area contributed by atoms with Gasteiger partial charge in [-0.1, -0.05) is 13.8 Å². The third-order valence-corrected chi connectivity index (χ3v) is 2.95. The topological polar surface area (TPSA) is 55.9 Å². The second-order valence-electron chi connectivity index (χ2n) is 4.77. The second kappa shape index (κ2) is 5.07. The molecule has 0 unspecified atom stereocenters. The van der Waals surface area contributed by atoms with Gasteiger partial charge in [-0.05, 0) is 18.1 Å². The minimum atomic E-state index is -1.53. The maximum Gasteiger partial charge on any atom is 0.196 e. The van der Waals surface area contributed by atoms with E-state index in [-0.39, 0.29) is 11.6 Å². The van der Waals surface area contributed by atoms with Gasteiger partial charge in [0.2, 0.25) is 0 Å². The molecule has 1 aromatic heterocycles. The standard InChI is InChI=1S/C13H15F3N4/c1-6(2)12-11(17)13(20(3)19-12)18-8-5-4-7(14)9(15)10(8)16/h4-6,18H,17H2,1-3H3. The van der Waals surface area contributed by atoms with E-state index < -0.39 is 17.5 Å². The molecule has 2 aromatic rings. The Balaban J connectivity index is 2.43. The average molecular weight is 284 g/mol. The van der Waals surface area contributed by atoms with Crippen LogP contribution in [0.15, 0.2) is 12.1 Å².